The molecule has 1 aliphatic heterocycles. The summed E-state index contributed by atoms with van der Waals surface area (Å²) in [6.45, 7) is 13.9. The molecule has 1 unspecified atom stereocenters. The maximum Gasteiger partial charge on any atom is 0.0773 e. The maximum atomic E-state index is 5.69. The smallest absolute Gasteiger partial charge is 0.0773 e. The van der Waals surface area contributed by atoms with E-state index in [4.69, 9.17) is 6.42 Å². The van der Waals surface area contributed by atoms with Gasteiger partial charge < -0.3 is 0 Å². The van der Waals surface area contributed by atoms with Gasteiger partial charge in [-0.1, -0.05) is 35.4 Å². The lowest BCUT2D eigenvalue weighted by Gasteiger charge is -2.29. The Bertz CT molecular complexity index is 829. The summed E-state index contributed by atoms with van der Waals surface area (Å²) in [4.78, 5) is 0. The molecule has 1 saturated heterocycles. The molecule has 1 atom stereocenters. The Morgan fingerprint density at radius 3 is 1.81 bits per heavy atom. The van der Waals surface area contributed by atoms with Crippen LogP contribution in [0, 0.1) is 53.9 Å². The second kappa shape index (κ2) is 7.05. The lowest BCUT2D eigenvalue weighted by molar-refractivity contribution is 0.664. The average Bonchev–Trinajstić information content (AvgIpc) is 2.89. The first kappa shape index (κ1) is 18.4. The number of benzene rings is 2. The topological polar surface area (TPSA) is 18.5 Å². The van der Waals surface area contributed by atoms with Crippen LogP contribution in [-0.2, 0) is 0 Å². The lowest BCUT2D eigenvalue weighted by atomic mass is 10.0. The van der Waals surface area contributed by atoms with Crippen molar-refractivity contribution >= 4 is 11.4 Å². The number of nitrogens with zero attached hydrogens (tertiary/aromatic N) is 2. The van der Waals surface area contributed by atoms with E-state index in [-0.39, 0.29) is 6.04 Å². The zero-order valence-electron chi connectivity index (χ0n) is 16.8. The van der Waals surface area contributed by atoms with E-state index in [1.54, 1.807) is 0 Å². The van der Waals surface area contributed by atoms with Crippen LogP contribution in [0.5, 0.6) is 0 Å². The molecule has 3 nitrogen and oxygen atoms in total. The molecule has 26 heavy (non-hydrogen) atoms. The van der Waals surface area contributed by atoms with Gasteiger partial charge >= 0.3 is 0 Å². The largest absolute Gasteiger partial charge is 0.288 e. The Balaban J connectivity index is 2.02. The predicted molar refractivity (Wildman–Crippen MR) is 112 cm³/mol. The Morgan fingerprint density at radius 1 is 0.885 bits per heavy atom. The van der Waals surface area contributed by atoms with Gasteiger partial charge in [0.25, 0.3) is 0 Å². The number of rotatable bonds is 3. The fourth-order valence-corrected chi connectivity index (χ4v) is 4.36. The van der Waals surface area contributed by atoms with E-state index in [0.29, 0.717) is 6.42 Å². The van der Waals surface area contributed by atoms with Gasteiger partial charge in [-0.15, -0.1) is 17.9 Å². The van der Waals surface area contributed by atoms with Crippen LogP contribution >= 0.6 is 0 Å². The molecule has 0 spiro atoms. The van der Waals surface area contributed by atoms with E-state index in [0.717, 1.165) is 6.54 Å². The van der Waals surface area contributed by atoms with Gasteiger partial charge in [-0.3, -0.25) is 10.0 Å². The van der Waals surface area contributed by atoms with Crippen molar-refractivity contribution in [2.24, 2.45) is 0 Å². The van der Waals surface area contributed by atoms with E-state index >= 15 is 0 Å². The van der Waals surface area contributed by atoms with E-state index in [9.17, 15) is 0 Å². The van der Waals surface area contributed by atoms with Crippen molar-refractivity contribution in [3.8, 4) is 12.3 Å². The molecule has 1 heterocycles. The SMILES string of the molecule is C#CCC1CN(c2c(C)cc(C)cc2C)NN1c1c(C)cc(C)cc1C. The first-order chi connectivity index (χ1) is 12.3. The number of nitrogens with one attached hydrogen (secondary N) is 1. The molecule has 1 aliphatic rings. The minimum Gasteiger partial charge on any atom is -0.288 e. The first-order valence-corrected chi connectivity index (χ1v) is 9.24. The summed E-state index contributed by atoms with van der Waals surface area (Å²) in [5.41, 5.74) is 13.8. The molecule has 3 heteroatoms. The van der Waals surface area contributed by atoms with E-state index in [1.165, 1.54) is 44.8 Å². The summed E-state index contributed by atoms with van der Waals surface area (Å²) in [6.07, 6.45) is 6.40. The number of hydrazine groups is 2. The van der Waals surface area contributed by atoms with Crippen LogP contribution in [0.1, 0.15) is 39.8 Å². The molecule has 136 valence electrons. The third kappa shape index (κ3) is 3.30. The number of anilines is 2. The Hall–Kier alpha value is -2.44. The third-order valence-electron chi connectivity index (χ3n) is 5.12. The fourth-order valence-electron chi connectivity index (χ4n) is 4.36. The second-order valence-electron chi connectivity index (χ2n) is 7.64. The van der Waals surface area contributed by atoms with E-state index in [1.807, 2.05) is 0 Å². The normalized spacial score (nSPS) is 16.9. The zero-order chi connectivity index (χ0) is 19.0. The molecule has 2 aromatic carbocycles. The molecule has 0 saturated carbocycles. The molecule has 0 aromatic heterocycles. The summed E-state index contributed by atoms with van der Waals surface area (Å²) >= 11 is 0. The molecule has 0 amide bonds. The van der Waals surface area contributed by atoms with Gasteiger partial charge in [0, 0.05) is 6.42 Å². The molecule has 1 N–H and O–H groups in total. The highest BCUT2D eigenvalue weighted by Gasteiger charge is 2.33. The molecular formula is C23H29N3. The zero-order valence-corrected chi connectivity index (χ0v) is 16.8. The molecule has 0 aliphatic carbocycles. The van der Waals surface area contributed by atoms with Crippen molar-refractivity contribution < 1.29 is 0 Å². The number of hydrogen-bond acceptors (Lipinski definition) is 3. The molecule has 0 bridgehead atoms. The Kier molecular flexibility index (Phi) is 4.98. The number of aryl methyl sites for hydroxylation is 6. The molecular weight excluding hydrogens is 318 g/mol. The molecule has 2 aromatic rings. The molecule has 1 fully saturated rings. The van der Waals surface area contributed by atoms with Crippen LogP contribution in [0.25, 0.3) is 0 Å². The van der Waals surface area contributed by atoms with Crippen molar-refractivity contribution in [1.82, 2.24) is 5.53 Å². The van der Waals surface area contributed by atoms with Crippen molar-refractivity contribution in [2.75, 3.05) is 16.6 Å². The van der Waals surface area contributed by atoms with Gasteiger partial charge in [0.05, 0.1) is 24.0 Å². The quantitative estimate of drug-likeness (QED) is 0.814. The van der Waals surface area contributed by atoms with Gasteiger partial charge in [-0.2, -0.15) is 0 Å². The summed E-state index contributed by atoms with van der Waals surface area (Å²) in [5.74, 6) is 2.86. The van der Waals surface area contributed by atoms with Crippen LogP contribution in [0.2, 0.25) is 0 Å². The fraction of sp³-hybridized carbons (Fsp3) is 0.391. The average molecular weight is 348 g/mol. The Morgan fingerprint density at radius 2 is 1.35 bits per heavy atom. The van der Waals surface area contributed by atoms with E-state index < -0.39 is 0 Å². The van der Waals surface area contributed by atoms with Crippen molar-refractivity contribution in [3.63, 3.8) is 0 Å². The summed E-state index contributed by atoms with van der Waals surface area (Å²) < 4.78 is 0. The van der Waals surface area contributed by atoms with Gasteiger partial charge in [0.15, 0.2) is 0 Å². The highest BCUT2D eigenvalue weighted by atomic mass is 15.8. The molecule has 0 radical (unpaired) electrons. The van der Waals surface area contributed by atoms with Gasteiger partial charge in [-0.05, 0) is 63.8 Å². The highest BCUT2D eigenvalue weighted by Crippen LogP contribution is 2.33. The summed E-state index contributed by atoms with van der Waals surface area (Å²) in [5, 5.41) is 4.52. The molecule has 3 rings (SSSR count). The van der Waals surface area contributed by atoms with Crippen LogP contribution in [0.3, 0.4) is 0 Å². The number of hydrogen-bond donors (Lipinski definition) is 1. The monoisotopic (exact) mass is 347 g/mol. The Labute approximate surface area is 158 Å². The van der Waals surface area contributed by atoms with Gasteiger partial charge in [-0.25, -0.2) is 0 Å². The van der Waals surface area contributed by atoms with Crippen molar-refractivity contribution in [2.45, 2.75) is 54.0 Å². The maximum absolute atomic E-state index is 5.69. The van der Waals surface area contributed by atoms with Crippen molar-refractivity contribution in [3.05, 3.63) is 57.6 Å². The van der Waals surface area contributed by atoms with Crippen LogP contribution < -0.4 is 15.6 Å². The highest BCUT2D eigenvalue weighted by molar-refractivity contribution is 5.65. The first-order valence-electron chi connectivity index (χ1n) is 9.24. The van der Waals surface area contributed by atoms with Crippen LogP contribution in [-0.4, -0.2) is 12.6 Å². The van der Waals surface area contributed by atoms with Gasteiger partial charge in [0.2, 0.25) is 0 Å². The number of terminal acetylenes is 1. The van der Waals surface area contributed by atoms with E-state index in [2.05, 4.69) is 87.3 Å². The van der Waals surface area contributed by atoms with Crippen LogP contribution in [0.15, 0.2) is 24.3 Å². The van der Waals surface area contributed by atoms with Crippen molar-refractivity contribution in [1.29, 1.82) is 0 Å². The minimum atomic E-state index is 0.236. The lowest BCUT2D eigenvalue weighted by Crippen LogP contribution is -2.43. The van der Waals surface area contributed by atoms with Gasteiger partial charge in [0.1, 0.15) is 0 Å². The summed E-state index contributed by atoms with van der Waals surface area (Å²) in [6, 6.07) is 9.20. The third-order valence-corrected chi connectivity index (χ3v) is 5.12. The predicted octanol–water partition coefficient (Wildman–Crippen LogP) is 4.68. The van der Waals surface area contributed by atoms with Crippen LogP contribution in [0.4, 0.5) is 11.4 Å². The summed E-state index contributed by atoms with van der Waals surface area (Å²) in [7, 11) is 0. The second-order valence-corrected chi connectivity index (χ2v) is 7.64. The standard InChI is InChI=1S/C23H29N3/c1-8-9-21-14-25(22-17(4)10-15(2)11-18(22)5)24-26(21)23-19(6)12-16(3)13-20(23)7/h1,10-13,21,24H,9,14H2,2-7H3. The minimum absolute atomic E-state index is 0.236.